The normalized spacial score (nSPS) is 16.7. The van der Waals surface area contributed by atoms with Gasteiger partial charge >= 0.3 is 5.97 Å². The lowest BCUT2D eigenvalue weighted by Crippen LogP contribution is -2.43. The molecule has 0 aromatic rings. The Morgan fingerprint density at radius 3 is 1.23 bits per heavy atom. The molecule has 0 aromatic heterocycles. The molecule has 0 saturated heterocycles. The first-order valence-electron chi connectivity index (χ1n) is 8.13. The Morgan fingerprint density at radius 2 is 0.962 bits per heavy atom. The monoisotopic (exact) mass is 348 g/mol. The molecule has 2 heteroatoms. The molecule has 0 aromatic carbocycles. The predicted molar refractivity (Wildman–Crippen MR) is 114 cm³/mol. The second-order valence-electron chi connectivity index (χ2n) is 5.27. The SMILES string of the molecule is C=CC=CC(C=CC=C)(C=CC=C)C(C=CC=C)(C=CC=C)C(=O)OC. The molecule has 0 rings (SSSR count). The average molecular weight is 348 g/mol. The van der Waals surface area contributed by atoms with Crippen molar-refractivity contribution in [1.82, 2.24) is 0 Å². The van der Waals surface area contributed by atoms with Gasteiger partial charge in [0, 0.05) is 5.41 Å². The molecule has 0 heterocycles. The molecular weight excluding hydrogens is 320 g/mol. The maximum absolute atomic E-state index is 13.0. The van der Waals surface area contributed by atoms with Crippen LogP contribution in [0, 0.1) is 10.8 Å². The first-order valence-corrected chi connectivity index (χ1v) is 8.13. The van der Waals surface area contributed by atoms with Gasteiger partial charge in [-0.3, -0.25) is 4.79 Å². The summed E-state index contributed by atoms with van der Waals surface area (Å²) in [4.78, 5) is 13.0. The van der Waals surface area contributed by atoms with Crippen molar-refractivity contribution in [3.8, 4) is 0 Å². The Balaban J connectivity index is 7.23. The summed E-state index contributed by atoms with van der Waals surface area (Å²) in [5.74, 6) is -0.440. The molecule has 0 bridgehead atoms. The molecule has 0 aliphatic rings. The first kappa shape index (κ1) is 22.9. The van der Waals surface area contributed by atoms with Crippen molar-refractivity contribution in [3.05, 3.63) is 124 Å². The summed E-state index contributed by atoms with van der Waals surface area (Å²) in [5.41, 5.74) is -2.10. The molecule has 26 heavy (non-hydrogen) atoms. The second kappa shape index (κ2) is 12.3. The largest absolute Gasteiger partial charge is 0.468 e. The van der Waals surface area contributed by atoms with Gasteiger partial charge in [0.25, 0.3) is 0 Å². The van der Waals surface area contributed by atoms with Crippen LogP contribution in [0.1, 0.15) is 0 Å². The van der Waals surface area contributed by atoms with Crippen LogP contribution in [0.25, 0.3) is 0 Å². The highest BCUT2D eigenvalue weighted by Crippen LogP contribution is 2.48. The van der Waals surface area contributed by atoms with E-state index in [1.807, 2.05) is 18.2 Å². The lowest BCUT2D eigenvalue weighted by atomic mass is 9.61. The quantitative estimate of drug-likeness (QED) is 0.327. The molecule has 0 aliphatic heterocycles. The summed E-state index contributed by atoms with van der Waals surface area (Å²) in [5, 5.41) is 0. The zero-order chi connectivity index (χ0) is 19.9. The highest BCUT2D eigenvalue weighted by atomic mass is 16.5. The minimum atomic E-state index is -1.19. The van der Waals surface area contributed by atoms with E-state index in [4.69, 9.17) is 4.74 Å². The van der Waals surface area contributed by atoms with Gasteiger partial charge in [0.2, 0.25) is 0 Å². The number of rotatable bonds is 12. The number of carbonyl (C=O) groups is 1. The molecule has 0 aliphatic carbocycles. The van der Waals surface area contributed by atoms with E-state index in [2.05, 4.69) is 32.9 Å². The minimum absolute atomic E-state index is 0.440. The van der Waals surface area contributed by atoms with Gasteiger partial charge in [0.15, 0.2) is 0 Å². The molecule has 136 valence electrons. The smallest absolute Gasteiger partial charge is 0.321 e. The van der Waals surface area contributed by atoms with Crippen molar-refractivity contribution in [3.63, 3.8) is 0 Å². The van der Waals surface area contributed by atoms with Crippen LogP contribution in [-0.4, -0.2) is 13.1 Å². The summed E-state index contributed by atoms with van der Waals surface area (Å²) in [7, 11) is 1.36. The number of esters is 1. The number of hydrogen-bond donors (Lipinski definition) is 0. The van der Waals surface area contributed by atoms with Gasteiger partial charge in [-0.25, -0.2) is 0 Å². The second-order valence-corrected chi connectivity index (χ2v) is 5.27. The molecular formula is C24H28O2. The Labute approximate surface area is 158 Å². The lowest BCUT2D eigenvalue weighted by Gasteiger charge is -2.40. The Kier molecular flexibility index (Phi) is 10.8. The zero-order valence-corrected chi connectivity index (χ0v) is 15.5. The molecule has 0 unspecified atom stereocenters. The van der Waals surface area contributed by atoms with Gasteiger partial charge in [-0.1, -0.05) is 124 Å². The van der Waals surface area contributed by atoms with E-state index in [0.717, 1.165) is 0 Å². The molecule has 0 radical (unpaired) electrons. The summed E-state index contributed by atoms with van der Waals surface area (Å²) in [6.07, 6.45) is 26.0. The molecule has 0 N–H and O–H groups in total. The van der Waals surface area contributed by atoms with Gasteiger partial charge in [0.1, 0.15) is 5.41 Å². The van der Waals surface area contributed by atoms with Gasteiger partial charge < -0.3 is 4.74 Å². The topological polar surface area (TPSA) is 26.3 Å². The van der Waals surface area contributed by atoms with Crippen LogP contribution in [0.3, 0.4) is 0 Å². The maximum atomic E-state index is 13.0. The fourth-order valence-corrected chi connectivity index (χ4v) is 2.53. The number of carbonyl (C=O) groups excluding carboxylic acids is 1. The number of methoxy groups -OCH3 is 1. The van der Waals surface area contributed by atoms with Crippen LogP contribution in [-0.2, 0) is 9.53 Å². The first-order chi connectivity index (χ1) is 12.5. The van der Waals surface area contributed by atoms with Gasteiger partial charge in [-0.05, 0) is 0 Å². The molecule has 0 atom stereocenters. The van der Waals surface area contributed by atoms with Crippen LogP contribution < -0.4 is 0 Å². The molecule has 0 amide bonds. The van der Waals surface area contributed by atoms with Gasteiger partial charge in [0.05, 0.1) is 7.11 Å². The molecule has 0 spiro atoms. The van der Waals surface area contributed by atoms with Crippen molar-refractivity contribution in [2.24, 2.45) is 10.8 Å². The standard InChI is InChI=1S/C24H28O2/c1-7-12-17-23(18-13-8-2,19-14-9-3)24(20-15-10-4,21-16-11-5)22(25)26-6/h7-21H,1-5H2,6H3. The lowest BCUT2D eigenvalue weighted by molar-refractivity contribution is -0.149. The molecule has 0 fully saturated rings. The third-order valence-electron chi connectivity index (χ3n) is 3.75. The average Bonchev–Trinajstić information content (AvgIpc) is 2.67. The fourth-order valence-electron chi connectivity index (χ4n) is 2.53. The minimum Gasteiger partial charge on any atom is -0.468 e. The van der Waals surface area contributed by atoms with Crippen molar-refractivity contribution >= 4 is 5.97 Å². The van der Waals surface area contributed by atoms with Crippen molar-refractivity contribution in [2.45, 2.75) is 0 Å². The Morgan fingerprint density at radius 1 is 0.654 bits per heavy atom. The Hall–Kier alpha value is -3.13. The summed E-state index contributed by atoms with van der Waals surface area (Å²) >= 11 is 0. The maximum Gasteiger partial charge on any atom is 0.321 e. The van der Waals surface area contributed by atoms with Gasteiger partial charge in [-0.2, -0.15) is 0 Å². The van der Waals surface area contributed by atoms with E-state index >= 15 is 0 Å². The van der Waals surface area contributed by atoms with Gasteiger partial charge in [-0.15, -0.1) is 0 Å². The number of hydrogen-bond acceptors (Lipinski definition) is 2. The Bertz CT molecular complexity index is 603. The van der Waals surface area contributed by atoms with Crippen LogP contribution >= 0.6 is 0 Å². The third-order valence-corrected chi connectivity index (χ3v) is 3.75. The van der Waals surface area contributed by atoms with E-state index in [9.17, 15) is 4.79 Å². The van der Waals surface area contributed by atoms with Crippen LogP contribution in [0.4, 0.5) is 0 Å². The summed E-state index contributed by atoms with van der Waals surface area (Å²) in [6.45, 7) is 18.6. The van der Waals surface area contributed by atoms with Crippen LogP contribution in [0.5, 0.6) is 0 Å². The summed E-state index contributed by atoms with van der Waals surface area (Å²) < 4.78 is 5.17. The van der Waals surface area contributed by atoms with Crippen molar-refractivity contribution < 1.29 is 9.53 Å². The zero-order valence-electron chi connectivity index (χ0n) is 15.5. The van der Waals surface area contributed by atoms with Crippen LogP contribution in [0.2, 0.25) is 0 Å². The fraction of sp³-hybridized carbons (Fsp3) is 0.125. The number of ether oxygens (including phenoxy) is 1. The highest BCUT2D eigenvalue weighted by molar-refractivity contribution is 5.84. The van der Waals surface area contributed by atoms with Crippen LogP contribution in [0.15, 0.2) is 124 Å². The van der Waals surface area contributed by atoms with Crippen molar-refractivity contribution in [1.29, 1.82) is 0 Å². The predicted octanol–water partition coefficient (Wildman–Crippen LogP) is 5.84. The van der Waals surface area contributed by atoms with Crippen molar-refractivity contribution in [2.75, 3.05) is 7.11 Å². The third kappa shape index (κ3) is 5.45. The van der Waals surface area contributed by atoms with E-state index in [-0.39, 0.29) is 0 Å². The van der Waals surface area contributed by atoms with E-state index < -0.39 is 16.8 Å². The number of allylic oxidation sites excluding steroid dienone is 13. The molecule has 2 nitrogen and oxygen atoms in total. The van der Waals surface area contributed by atoms with E-state index in [1.54, 1.807) is 72.9 Å². The van der Waals surface area contributed by atoms with E-state index in [1.165, 1.54) is 7.11 Å². The highest BCUT2D eigenvalue weighted by Gasteiger charge is 2.49. The van der Waals surface area contributed by atoms with E-state index in [0.29, 0.717) is 0 Å². The molecule has 0 saturated carbocycles. The summed E-state index contributed by atoms with van der Waals surface area (Å²) in [6, 6.07) is 0.